The zero-order valence-electron chi connectivity index (χ0n) is 18.5. The monoisotopic (exact) mass is 464 g/mol. The molecule has 2 fully saturated rings. The summed E-state index contributed by atoms with van der Waals surface area (Å²) in [6, 6.07) is 3.31. The lowest BCUT2D eigenvalue weighted by Gasteiger charge is -2.29. The van der Waals surface area contributed by atoms with E-state index in [1.165, 1.54) is 31.0 Å². The van der Waals surface area contributed by atoms with Crippen molar-refractivity contribution in [3.05, 3.63) is 46.9 Å². The Morgan fingerprint density at radius 2 is 1.88 bits per heavy atom. The molecule has 6 nitrogen and oxygen atoms in total. The van der Waals surface area contributed by atoms with Gasteiger partial charge in [-0.2, -0.15) is 13.2 Å². The van der Waals surface area contributed by atoms with E-state index in [2.05, 4.69) is 10.3 Å². The van der Waals surface area contributed by atoms with Crippen LogP contribution in [0.1, 0.15) is 48.4 Å². The highest BCUT2D eigenvalue weighted by atomic mass is 19.4. The number of carbonyl (C=O) groups is 2. The van der Waals surface area contributed by atoms with E-state index in [0.29, 0.717) is 11.4 Å². The smallest absolute Gasteiger partial charge is 0.386 e. The molecule has 2 aliphatic rings. The summed E-state index contributed by atoms with van der Waals surface area (Å²) in [6.45, 7) is 1.40. The molecule has 1 unspecified atom stereocenters. The highest BCUT2D eigenvalue weighted by molar-refractivity contribution is 6.09. The van der Waals surface area contributed by atoms with Gasteiger partial charge in [-0.15, -0.1) is 0 Å². The normalized spacial score (nSPS) is 18.6. The zero-order valence-corrected chi connectivity index (χ0v) is 18.5. The van der Waals surface area contributed by atoms with Gasteiger partial charge < -0.3 is 10.2 Å². The standard InChI is InChI=1S/C23H24F4N4O2/c1-12-8-14(23(25,26)27)9-19(29-12)31-17(6-7-20(31)32)22(33)30(3)18-11-15(24)10-16(13-4-5-13)21(18)28-2/h8-11,13,17,28H,4-7H2,1-3H3. The van der Waals surface area contributed by atoms with Crippen molar-refractivity contribution in [1.82, 2.24) is 4.98 Å². The number of aromatic nitrogens is 1. The van der Waals surface area contributed by atoms with Gasteiger partial charge in [-0.25, -0.2) is 9.37 Å². The van der Waals surface area contributed by atoms with Crippen LogP contribution in [-0.2, 0) is 15.8 Å². The number of amides is 2. The number of halogens is 4. The van der Waals surface area contributed by atoms with Gasteiger partial charge in [-0.05, 0) is 61.9 Å². The molecule has 4 rings (SSSR count). The lowest BCUT2D eigenvalue weighted by atomic mass is 10.0. The van der Waals surface area contributed by atoms with Gasteiger partial charge in [-0.1, -0.05) is 0 Å². The molecule has 2 amide bonds. The number of rotatable bonds is 5. The fourth-order valence-electron chi connectivity index (χ4n) is 4.35. The van der Waals surface area contributed by atoms with Crippen molar-refractivity contribution in [3.8, 4) is 0 Å². The Hall–Kier alpha value is -3.17. The number of hydrogen-bond donors (Lipinski definition) is 1. The summed E-state index contributed by atoms with van der Waals surface area (Å²) >= 11 is 0. The molecule has 2 aromatic rings. The maximum atomic E-state index is 14.4. The van der Waals surface area contributed by atoms with Crippen LogP contribution < -0.4 is 15.1 Å². The fraction of sp³-hybridized carbons (Fsp3) is 0.435. The van der Waals surface area contributed by atoms with Crippen molar-refractivity contribution in [2.45, 2.75) is 50.7 Å². The first-order valence-electron chi connectivity index (χ1n) is 10.7. The van der Waals surface area contributed by atoms with Crippen molar-refractivity contribution in [2.24, 2.45) is 0 Å². The SMILES string of the molecule is CNc1c(C2CC2)cc(F)cc1N(C)C(=O)C1CCC(=O)N1c1cc(C(F)(F)F)cc(C)n1. The van der Waals surface area contributed by atoms with Gasteiger partial charge in [0.25, 0.3) is 0 Å². The Balaban J connectivity index is 1.70. The first kappa shape index (κ1) is 23.0. The number of aryl methyl sites for hydroxylation is 1. The molecule has 10 heteroatoms. The quantitative estimate of drug-likeness (QED) is 0.656. The topological polar surface area (TPSA) is 65.5 Å². The van der Waals surface area contributed by atoms with Gasteiger partial charge in [0.15, 0.2) is 0 Å². The summed E-state index contributed by atoms with van der Waals surface area (Å²) in [6.07, 6.45) is -2.64. The van der Waals surface area contributed by atoms with Crippen LogP contribution >= 0.6 is 0 Å². The van der Waals surface area contributed by atoms with Crippen LogP contribution in [-0.4, -0.2) is 36.9 Å². The van der Waals surface area contributed by atoms with Crippen molar-refractivity contribution in [2.75, 3.05) is 29.2 Å². The Morgan fingerprint density at radius 3 is 2.48 bits per heavy atom. The third kappa shape index (κ3) is 4.38. The zero-order chi connectivity index (χ0) is 24.1. The van der Waals surface area contributed by atoms with E-state index in [1.54, 1.807) is 7.05 Å². The largest absolute Gasteiger partial charge is 0.416 e. The number of pyridine rings is 1. The lowest BCUT2D eigenvalue weighted by Crippen LogP contribution is -2.46. The van der Waals surface area contributed by atoms with Gasteiger partial charge in [-0.3, -0.25) is 14.5 Å². The van der Waals surface area contributed by atoms with Crippen LogP contribution in [0.3, 0.4) is 0 Å². The predicted molar refractivity (Wildman–Crippen MR) is 116 cm³/mol. The minimum absolute atomic E-state index is 0.00339. The Kier molecular flexibility index (Phi) is 5.79. The summed E-state index contributed by atoms with van der Waals surface area (Å²) < 4.78 is 54.3. The Morgan fingerprint density at radius 1 is 1.18 bits per heavy atom. The van der Waals surface area contributed by atoms with Gasteiger partial charge in [0, 0.05) is 26.2 Å². The highest BCUT2D eigenvalue weighted by Gasteiger charge is 2.41. The third-order valence-corrected chi connectivity index (χ3v) is 6.08. The van der Waals surface area contributed by atoms with Crippen LogP contribution in [0.4, 0.5) is 34.8 Å². The summed E-state index contributed by atoms with van der Waals surface area (Å²) in [5.74, 6) is -1.50. The number of benzene rings is 1. The molecule has 1 aliphatic heterocycles. The molecule has 1 aromatic carbocycles. The second-order valence-corrected chi connectivity index (χ2v) is 8.48. The molecular weight excluding hydrogens is 440 g/mol. The Labute approximate surface area is 188 Å². The minimum atomic E-state index is -4.62. The number of alkyl halides is 3. The van der Waals surface area contributed by atoms with E-state index in [-0.39, 0.29) is 30.3 Å². The molecule has 2 heterocycles. The second kappa shape index (κ2) is 8.31. The Bertz CT molecular complexity index is 1110. The highest BCUT2D eigenvalue weighted by Crippen LogP contribution is 2.47. The fourth-order valence-corrected chi connectivity index (χ4v) is 4.35. The molecule has 0 radical (unpaired) electrons. The molecule has 1 aromatic heterocycles. The van der Waals surface area contributed by atoms with Crippen molar-refractivity contribution in [3.63, 3.8) is 0 Å². The number of anilines is 3. The molecule has 1 saturated heterocycles. The van der Waals surface area contributed by atoms with E-state index >= 15 is 0 Å². The van der Waals surface area contributed by atoms with E-state index in [9.17, 15) is 27.2 Å². The first-order valence-corrected chi connectivity index (χ1v) is 10.7. The lowest BCUT2D eigenvalue weighted by molar-refractivity contribution is -0.137. The van der Waals surface area contributed by atoms with Crippen molar-refractivity contribution < 1.29 is 27.2 Å². The average Bonchev–Trinajstić information content (AvgIpc) is 3.52. The molecule has 1 atom stereocenters. The third-order valence-electron chi connectivity index (χ3n) is 6.08. The van der Waals surface area contributed by atoms with E-state index in [4.69, 9.17) is 0 Å². The van der Waals surface area contributed by atoms with Gasteiger partial charge in [0.05, 0.1) is 16.9 Å². The van der Waals surface area contributed by atoms with Crippen LogP contribution in [0.5, 0.6) is 0 Å². The summed E-state index contributed by atoms with van der Waals surface area (Å²) in [7, 11) is 3.15. The number of nitrogens with zero attached hydrogens (tertiary/aromatic N) is 3. The second-order valence-electron chi connectivity index (χ2n) is 8.48. The van der Waals surface area contributed by atoms with Gasteiger partial charge in [0.1, 0.15) is 17.7 Å². The van der Waals surface area contributed by atoms with Crippen LogP contribution in [0.2, 0.25) is 0 Å². The molecule has 0 spiro atoms. The molecule has 33 heavy (non-hydrogen) atoms. The molecular formula is C23H24F4N4O2. The number of nitrogens with one attached hydrogen (secondary N) is 1. The van der Waals surface area contributed by atoms with Gasteiger partial charge >= 0.3 is 6.18 Å². The minimum Gasteiger partial charge on any atom is -0.386 e. The molecule has 176 valence electrons. The number of likely N-dealkylation sites (N-methyl/N-ethyl adjacent to an activating group) is 1. The van der Waals surface area contributed by atoms with Crippen LogP contribution in [0.25, 0.3) is 0 Å². The maximum absolute atomic E-state index is 14.4. The van der Waals surface area contributed by atoms with Crippen molar-refractivity contribution in [1.29, 1.82) is 0 Å². The van der Waals surface area contributed by atoms with E-state index < -0.39 is 35.4 Å². The molecule has 0 bridgehead atoms. The summed E-state index contributed by atoms with van der Waals surface area (Å²) in [5, 5.41) is 3.04. The van der Waals surface area contributed by atoms with Gasteiger partial charge in [0.2, 0.25) is 11.8 Å². The summed E-state index contributed by atoms with van der Waals surface area (Å²) in [4.78, 5) is 32.5. The predicted octanol–water partition coefficient (Wildman–Crippen LogP) is 4.63. The van der Waals surface area contributed by atoms with E-state index in [0.717, 1.165) is 35.4 Å². The molecule has 1 N–H and O–H groups in total. The van der Waals surface area contributed by atoms with Crippen molar-refractivity contribution >= 4 is 29.0 Å². The van der Waals surface area contributed by atoms with Crippen LogP contribution in [0, 0.1) is 12.7 Å². The average molecular weight is 464 g/mol. The molecule has 1 saturated carbocycles. The van der Waals surface area contributed by atoms with Crippen LogP contribution in [0.15, 0.2) is 24.3 Å². The first-order chi connectivity index (χ1) is 15.5. The van der Waals surface area contributed by atoms with E-state index in [1.807, 2.05) is 0 Å². The maximum Gasteiger partial charge on any atom is 0.416 e. The number of hydrogen-bond acceptors (Lipinski definition) is 4. The summed E-state index contributed by atoms with van der Waals surface area (Å²) in [5.41, 5.74) is 0.855. The number of carbonyl (C=O) groups excluding carboxylic acids is 2. The molecule has 1 aliphatic carbocycles.